The van der Waals surface area contributed by atoms with Crippen LogP contribution >= 0.6 is 11.3 Å². The highest BCUT2D eigenvalue weighted by Crippen LogP contribution is 2.49. The molecule has 1 spiro atoms. The van der Waals surface area contributed by atoms with Gasteiger partial charge in [0, 0.05) is 54.7 Å². The van der Waals surface area contributed by atoms with Crippen LogP contribution in [0.4, 0.5) is 0 Å². The lowest BCUT2D eigenvalue weighted by molar-refractivity contribution is -0.108. The maximum atomic E-state index is 9.21. The average molecular weight is 433 g/mol. The normalized spacial score (nSPS) is 28.9. The van der Waals surface area contributed by atoms with Gasteiger partial charge in [-0.25, -0.2) is 0 Å². The van der Waals surface area contributed by atoms with Crippen molar-refractivity contribution in [1.29, 1.82) is 0 Å². The van der Waals surface area contributed by atoms with Gasteiger partial charge in [-0.1, -0.05) is 6.92 Å². The summed E-state index contributed by atoms with van der Waals surface area (Å²) in [4.78, 5) is 10.1. The van der Waals surface area contributed by atoms with E-state index in [1.165, 1.54) is 15.3 Å². The Labute approximate surface area is 184 Å². The van der Waals surface area contributed by atoms with E-state index in [2.05, 4.69) is 34.9 Å². The van der Waals surface area contributed by atoms with E-state index in [1.807, 2.05) is 17.6 Å². The summed E-state index contributed by atoms with van der Waals surface area (Å²) in [7, 11) is 0. The molecule has 30 heavy (non-hydrogen) atoms. The van der Waals surface area contributed by atoms with Crippen molar-refractivity contribution in [2.24, 2.45) is 21.4 Å². The first-order chi connectivity index (χ1) is 14.5. The monoisotopic (exact) mass is 432 g/mol. The van der Waals surface area contributed by atoms with Crippen molar-refractivity contribution in [1.82, 2.24) is 4.90 Å². The van der Waals surface area contributed by atoms with Gasteiger partial charge < -0.3 is 15.7 Å². The molecule has 0 aromatic carbocycles. The summed E-state index contributed by atoms with van der Waals surface area (Å²) in [5, 5.41) is 13.2. The number of thiophene rings is 1. The molecule has 4 rings (SSSR count). The average Bonchev–Trinajstić information content (AvgIpc) is 3.35. The number of ether oxygens (including phenoxy) is 1. The molecule has 0 radical (unpaired) electrons. The molecular formula is C23H36N4O2S. The fourth-order valence-corrected chi connectivity index (χ4v) is 6.26. The molecule has 6 nitrogen and oxygen atoms in total. The maximum absolute atomic E-state index is 9.21. The van der Waals surface area contributed by atoms with Gasteiger partial charge in [-0.3, -0.25) is 9.89 Å². The molecule has 1 aromatic heterocycles. The number of rotatable bonds is 8. The lowest BCUT2D eigenvalue weighted by atomic mass is 9.79. The van der Waals surface area contributed by atoms with Crippen molar-refractivity contribution in [3.05, 3.63) is 21.4 Å². The zero-order valence-corrected chi connectivity index (χ0v) is 19.2. The summed E-state index contributed by atoms with van der Waals surface area (Å²) < 4.78 is 6.45. The summed E-state index contributed by atoms with van der Waals surface area (Å²) in [5.41, 5.74) is 2.38. The Morgan fingerprint density at radius 2 is 2.27 bits per heavy atom. The molecule has 3 aliphatic rings. The van der Waals surface area contributed by atoms with Gasteiger partial charge in [0.15, 0.2) is 0 Å². The number of aryl methyl sites for hydroxylation is 1. The third-order valence-corrected chi connectivity index (χ3v) is 8.59. The first kappa shape index (κ1) is 21.9. The van der Waals surface area contributed by atoms with Crippen LogP contribution in [-0.2, 0) is 23.2 Å². The molecule has 166 valence electrons. The van der Waals surface area contributed by atoms with Crippen molar-refractivity contribution in [3.8, 4) is 0 Å². The summed E-state index contributed by atoms with van der Waals surface area (Å²) >= 11 is 1.98. The van der Waals surface area contributed by atoms with Crippen LogP contribution in [0.25, 0.3) is 0 Å². The molecule has 2 aliphatic heterocycles. The van der Waals surface area contributed by atoms with Crippen LogP contribution in [0, 0.1) is 5.41 Å². The Morgan fingerprint density at radius 1 is 1.43 bits per heavy atom. The Morgan fingerprint density at radius 3 is 2.93 bits per heavy atom. The zero-order chi connectivity index (χ0) is 21.2. The highest BCUT2D eigenvalue weighted by Gasteiger charge is 2.44. The second kappa shape index (κ2) is 9.07. The van der Waals surface area contributed by atoms with Crippen molar-refractivity contribution < 1.29 is 9.84 Å². The molecule has 0 unspecified atom stereocenters. The first-order valence-corrected chi connectivity index (χ1v) is 12.2. The third-order valence-electron chi connectivity index (χ3n) is 7.26. The van der Waals surface area contributed by atoms with E-state index < -0.39 is 0 Å². The number of aliphatic imine (C=N–C) groups is 1. The summed E-state index contributed by atoms with van der Waals surface area (Å²) in [6.45, 7) is 8.06. The second-order valence-electron chi connectivity index (χ2n) is 9.33. The first-order valence-electron chi connectivity index (χ1n) is 11.4. The van der Waals surface area contributed by atoms with Crippen LogP contribution in [0.5, 0.6) is 0 Å². The van der Waals surface area contributed by atoms with Crippen molar-refractivity contribution >= 4 is 23.3 Å². The quantitative estimate of drug-likeness (QED) is 0.376. The molecule has 0 amide bonds. The van der Waals surface area contributed by atoms with Gasteiger partial charge >= 0.3 is 0 Å². The van der Waals surface area contributed by atoms with Gasteiger partial charge in [-0.15, -0.1) is 11.3 Å². The fourth-order valence-electron chi connectivity index (χ4n) is 5.08. The molecule has 2 fully saturated rings. The number of hydrogen-bond acceptors (Lipinski definition) is 7. The maximum Gasteiger partial charge on any atom is 0.0969 e. The lowest BCUT2D eigenvalue weighted by Crippen LogP contribution is -2.51. The predicted octanol–water partition coefficient (Wildman–Crippen LogP) is 3.11. The number of aliphatic hydroxyl groups excluding tert-OH is 1. The molecular weight excluding hydrogens is 396 g/mol. The van der Waals surface area contributed by atoms with E-state index in [9.17, 15) is 5.11 Å². The summed E-state index contributed by atoms with van der Waals surface area (Å²) in [5.74, 6) is 5.68. The fraction of sp³-hybridized carbons (Fsp3) is 0.739. The van der Waals surface area contributed by atoms with Crippen LogP contribution in [0.3, 0.4) is 0 Å². The molecule has 2 atom stereocenters. The standard InChI is InChI=1S/C23H36N4O2S/c1-3-19-12-20-21(30-19)4-11-29-23(20)7-9-27(17(2)13-23)15-18(26-24)14-25-16-22(5-6-22)8-10-28/h12,14,17,28H,3-11,13,15-16,24H2,1-2H3/b25-14?,26-18+/t17-,23+/m0/s1. The molecule has 3 heterocycles. The number of hydrogen-bond donors (Lipinski definition) is 2. The highest BCUT2D eigenvalue weighted by atomic mass is 32.1. The van der Waals surface area contributed by atoms with Crippen LogP contribution in [0.15, 0.2) is 16.2 Å². The Hall–Kier alpha value is -1.28. The molecule has 0 bridgehead atoms. The van der Waals surface area contributed by atoms with Gasteiger partial charge in [0.25, 0.3) is 0 Å². The van der Waals surface area contributed by atoms with E-state index in [0.29, 0.717) is 6.04 Å². The van der Waals surface area contributed by atoms with Crippen LogP contribution in [0.1, 0.15) is 61.3 Å². The van der Waals surface area contributed by atoms with Crippen molar-refractivity contribution in [2.75, 3.05) is 32.8 Å². The van der Waals surface area contributed by atoms with E-state index in [1.54, 1.807) is 0 Å². The minimum atomic E-state index is -0.121. The minimum Gasteiger partial charge on any atom is -0.396 e. The number of aliphatic hydroxyl groups is 1. The number of fused-ring (bicyclic) bond motifs is 2. The Balaban J connectivity index is 1.37. The molecule has 1 aliphatic carbocycles. The number of piperidine rings is 1. The van der Waals surface area contributed by atoms with Crippen LogP contribution in [-0.4, -0.2) is 60.8 Å². The van der Waals surface area contributed by atoms with Gasteiger partial charge in [0.05, 0.1) is 17.9 Å². The van der Waals surface area contributed by atoms with E-state index in [-0.39, 0.29) is 17.6 Å². The van der Waals surface area contributed by atoms with Gasteiger partial charge in [0.2, 0.25) is 0 Å². The number of hydrazone groups is 1. The van der Waals surface area contributed by atoms with E-state index in [0.717, 1.165) is 76.9 Å². The SMILES string of the molecule is CCc1cc2c(s1)CCO[C@@]21CCN(C/C(C=NCC2(CCO)CC2)=N/N)[C@@H](C)C1. The molecule has 1 aromatic rings. The van der Waals surface area contributed by atoms with E-state index >= 15 is 0 Å². The zero-order valence-electron chi connectivity index (χ0n) is 18.4. The van der Waals surface area contributed by atoms with Crippen LogP contribution < -0.4 is 5.84 Å². The number of likely N-dealkylation sites (tertiary alicyclic amines) is 1. The highest BCUT2D eigenvalue weighted by molar-refractivity contribution is 7.12. The second-order valence-corrected chi connectivity index (χ2v) is 10.6. The van der Waals surface area contributed by atoms with E-state index in [4.69, 9.17) is 10.6 Å². The summed E-state index contributed by atoms with van der Waals surface area (Å²) in [6.07, 6.45) is 9.19. The lowest BCUT2D eigenvalue weighted by Gasteiger charge is -2.47. The Bertz CT molecular complexity index is 801. The largest absolute Gasteiger partial charge is 0.396 e. The molecule has 3 N–H and O–H groups in total. The molecule has 1 saturated heterocycles. The number of nitrogens with zero attached hydrogens (tertiary/aromatic N) is 3. The molecule has 1 saturated carbocycles. The number of nitrogens with two attached hydrogens (primary N) is 1. The third kappa shape index (κ3) is 4.49. The van der Waals surface area contributed by atoms with Gasteiger partial charge in [0.1, 0.15) is 0 Å². The summed E-state index contributed by atoms with van der Waals surface area (Å²) in [6, 6.07) is 2.80. The molecule has 7 heteroatoms. The Kier molecular flexibility index (Phi) is 6.63. The topological polar surface area (TPSA) is 83.4 Å². The van der Waals surface area contributed by atoms with Crippen molar-refractivity contribution in [3.63, 3.8) is 0 Å². The van der Waals surface area contributed by atoms with Crippen molar-refractivity contribution in [2.45, 2.75) is 70.4 Å². The minimum absolute atomic E-state index is 0.121. The van der Waals surface area contributed by atoms with Crippen LogP contribution in [0.2, 0.25) is 0 Å². The van der Waals surface area contributed by atoms with Gasteiger partial charge in [-0.05, 0) is 62.5 Å². The van der Waals surface area contributed by atoms with Gasteiger partial charge in [-0.2, -0.15) is 5.10 Å². The predicted molar refractivity (Wildman–Crippen MR) is 124 cm³/mol. The smallest absolute Gasteiger partial charge is 0.0969 e.